The fraction of sp³-hybridized carbons (Fsp3) is 0.300. The Kier molecular flexibility index (Phi) is 9.38. The molecule has 0 saturated carbocycles. The molecule has 1 saturated heterocycles. The number of aryl methyl sites for hydroxylation is 1. The van der Waals surface area contributed by atoms with Crippen LogP contribution in [0.2, 0.25) is 5.02 Å². The van der Waals surface area contributed by atoms with Gasteiger partial charge in [0.25, 0.3) is 5.56 Å². The van der Waals surface area contributed by atoms with E-state index in [-0.39, 0.29) is 30.4 Å². The normalized spacial score (nSPS) is 13.4. The second-order valence-corrected chi connectivity index (χ2v) is 11.3. The number of carbonyl (C=O) groups excluding carboxylic acids is 1. The van der Waals surface area contributed by atoms with E-state index >= 15 is 0 Å². The van der Waals surface area contributed by atoms with Gasteiger partial charge in [-0.2, -0.15) is 4.98 Å². The molecule has 1 aliphatic rings. The number of thioether (sulfide) groups is 1. The Bertz CT molecular complexity index is 1670. The van der Waals surface area contributed by atoms with Crippen LogP contribution >= 0.6 is 23.4 Å². The summed E-state index contributed by atoms with van der Waals surface area (Å²) < 4.78 is 16.6. The first-order valence-corrected chi connectivity index (χ1v) is 15.0. The molecule has 3 heterocycles. The van der Waals surface area contributed by atoms with Crippen LogP contribution in [0.3, 0.4) is 0 Å². The standard InChI is InChI=1S/C30H30ClFN6O3S/c1-2-35-17-22(16-33-29(35)41)15-23-18-38(30(34-28(23)40)42-20-21-3-7-25(32)8-4-21)19-27(39)37-13-11-36(12-14-37)26-9-5-24(31)6-10-26/h3-10,16-18H,2,11-15,19-20H2,1H3. The smallest absolute Gasteiger partial charge is 0.347 e. The highest BCUT2D eigenvalue weighted by atomic mass is 35.5. The van der Waals surface area contributed by atoms with Crippen LogP contribution in [0.25, 0.3) is 0 Å². The number of nitrogens with zero attached hydrogens (tertiary/aromatic N) is 6. The average Bonchev–Trinajstić information content (AvgIpc) is 3.00. The number of piperazine rings is 1. The monoisotopic (exact) mass is 608 g/mol. The number of benzene rings is 2. The van der Waals surface area contributed by atoms with Crippen molar-refractivity contribution in [1.29, 1.82) is 0 Å². The average molecular weight is 609 g/mol. The highest BCUT2D eigenvalue weighted by Crippen LogP contribution is 2.23. The van der Waals surface area contributed by atoms with E-state index in [1.165, 1.54) is 34.7 Å². The van der Waals surface area contributed by atoms with Crippen LogP contribution < -0.4 is 16.1 Å². The molecular weight excluding hydrogens is 579 g/mol. The molecule has 42 heavy (non-hydrogen) atoms. The van der Waals surface area contributed by atoms with Crippen molar-refractivity contribution in [2.75, 3.05) is 31.1 Å². The molecule has 1 amide bonds. The van der Waals surface area contributed by atoms with Gasteiger partial charge in [-0.05, 0) is 54.4 Å². The van der Waals surface area contributed by atoms with Crippen LogP contribution in [0.15, 0.2) is 81.9 Å². The van der Waals surface area contributed by atoms with Crippen molar-refractivity contribution in [3.8, 4) is 0 Å². The maximum absolute atomic E-state index is 13.5. The minimum absolute atomic E-state index is 0.0136. The molecule has 0 unspecified atom stereocenters. The summed E-state index contributed by atoms with van der Waals surface area (Å²) in [6.07, 6.45) is 5.03. The molecule has 0 spiro atoms. The Morgan fingerprint density at radius 1 is 0.952 bits per heavy atom. The number of hydrogen-bond donors (Lipinski definition) is 0. The Labute approximate surface area is 251 Å². The number of rotatable bonds is 9. The highest BCUT2D eigenvalue weighted by Gasteiger charge is 2.23. The zero-order chi connectivity index (χ0) is 29.6. The Hall–Kier alpha value is -3.96. The van der Waals surface area contributed by atoms with Crippen molar-refractivity contribution >= 4 is 35.0 Å². The summed E-state index contributed by atoms with van der Waals surface area (Å²) >= 11 is 7.34. The molecule has 0 radical (unpaired) electrons. The summed E-state index contributed by atoms with van der Waals surface area (Å²) in [7, 11) is 0. The van der Waals surface area contributed by atoms with Gasteiger partial charge in [0.15, 0.2) is 5.16 Å². The van der Waals surface area contributed by atoms with Gasteiger partial charge in [0, 0.05) is 79.8 Å². The lowest BCUT2D eigenvalue weighted by atomic mass is 10.1. The molecule has 1 fully saturated rings. The lowest BCUT2D eigenvalue weighted by Crippen LogP contribution is -2.49. The van der Waals surface area contributed by atoms with Gasteiger partial charge in [-0.15, -0.1) is 0 Å². The van der Waals surface area contributed by atoms with E-state index in [4.69, 9.17) is 11.6 Å². The quantitative estimate of drug-likeness (QED) is 0.211. The summed E-state index contributed by atoms with van der Waals surface area (Å²) in [4.78, 5) is 50.7. The van der Waals surface area contributed by atoms with Crippen molar-refractivity contribution in [3.63, 3.8) is 0 Å². The summed E-state index contributed by atoms with van der Waals surface area (Å²) in [5.74, 6) is 0.0477. The molecule has 0 aliphatic carbocycles. The SMILES string of the molecule is CCn1cc(Cc2cn(CC(=O)N3CCN(c4ccc(Cl)cc4)CC3)c(SCc3ccc(F)cc3)nc2=O)cnc1=O. The van der Waals surface area contributed by atoms with Gasteiger partial charge in [-0.25, -0.2) is 14.2 Å². The van der Waals surface area contributed by atoms with E-state index < -0.39 is 5.56 Å². The molecule has 0 bridgehead atoms. The number of aromatic nitrogens is 4. The van der Waals surface area contributed by atoms with Crippen molar-refractivity contribution in [2.24, 2.45) is 0 Å². The van der Waals surface area contributed by atoms with E-state index in [0.717, 1.165) is 11.3 Å². The van der Waals surface area contributed by atoms with Crippen molar-refractivity contribution in [2.45, 2.75) is 37.3 Å². The van der Waals surface area contributed by atoms with Gasteiger partial charge in [0.1, 0.15) is 12.4 Å². The second kappa shape index (κ2) is 13.3. The predicted octanol–water partition coefficient (Wildman–Crippen LogP) is 3.84. The summed E-state index contributed by atoms with van der Waals surface area (Å²) in [6, 6.07) is 13.8. The summed E-state index contributed by atoms with van der Waals surface area (Å²) in [6.45, 7) is 4.81. The van der Waals surface area contributed by atoms with E-state index in [1.54, 1.807) is 29.1 Å². The van der Waals surface area contributed by atoms with E-state index in [0.29, 0.717) is 59.8 Å². The van der Waals surface area contributed by atoms with Gasteiger partial charge in [-0.1, -0.05) is 35.5 Å². The lowest BCUT2D eigenvalue weighted by molar-refractivity contribution is -0.132. The zero-order valence-electron chi connectivity index (χ0n) is 23.1. The van der Waals surface area contributed by atoms with Crippen molar-refractivity contribution in [3.05, 3.63) is 115 Å². The maximum atomic E-state index is 13.5. The van der Waals surface area contributed by atoms with Crippen molar-refractivity contribution in [1.82, 2.24) is 24.0 Å². The van der Waals surface area contributed by atoms with Gasteiger partial charge >= 0.3 is 5.69 Å². The molecular formula is C30H30ClFN6O3S. The number of hydrogen-bond acceptors (Lipinski definition) is 7. The third-order valence-electron chi connectivity index (χ3n) is 7.08. The predicted molar refractivity (Wildman–Crippen MR) is 162 cm³/mol. The molecule has 0 N–H and O–H groups in total. The number of amides is 1. The van der Waals surface area contributed by atoms with Crippen LogP contribution in [0.1, 0.15) is 23.6 Å². The molecule has 218 valence electrons. The molecule has 9 nitrogen and oxygen atoms in total. The molecule has 0 atom stereocenters. The van der Waals surface area contributed by atoms with Crippen molar-refractivity contribution < 1.29 is 9.18 Å². The minimum Gasteiger partial charge on any atom is -0.368 e. The first-order valence-electron chi connectivity index (χ1n) is 13.6. The van der Waals surface area contributed by atoms with Gasteiger partial charge in [0.2, 0.25) is 5.91 Å². The van der Waals surface area contributed by atoms with E-state index in [1.807, 2.05) is 36.1 Å². The molecule has 1 aliphatic heterocycles. The molecule has 2 aromatic carbocycles. The fourth-order valence-corrected chi connectivity index (χ4v) is 5.79. The molecule has 5 rings (SSSR count). The van der Waals surface area contributed by atoms with Crippen LogP contribution in [-0.4, -0.2) is 56.1 Å². The van der Waals surface area contributed by atoms with Crippen LogP contribution in [0.5, 0.6) is 0 Å². The fourth-order valence-electron chi connectivity index (χ4n) is 4.75. The first-order chi connectivity index (χ1) is 20.3. The van der Waals surface area contributed by atoms with Gasteiger partial charge in [0.05, 0.1) is 0 Å². The minimum atomic E-state index is -0.411. The zero-order valence-corrected chi connectivity index (χ0v) is 24.7. The third-order valence-corrected chi connectivity index (χ3v) is 8.40. The lowest BCUT2D eigenvalue weighted by Gasteiger charge is -2.36. The Morgan fingerprint density at radius 3 is 2.36 bits per heavy atom. The molecule has 2 aromatic heterocycles. The molecule has 4 aromatic rings. The summed E-state index contributed by atoms with van der Waals surface area (Å²) in [5.41, 5.74) is 2.24. The Balaban J connectivity index is 1.35. The molecule has 12 heteroatoms. The maximum Gasteiger partial charge on any atom is 0.347 e. The highest BCUT2D eigenvalue weighted by molar-refractivity contribution is 7.98. The van der Waals surface area contributed by atoms with E-state index in [2.05, 4.69) is 14.9 Å². The number of anilines is 1. The number of halogens is 2. The Morgan fingerprint density at radius 2 is 1.67 bits per heavy atom. The van der Waals surface area contributed by atoms with Gasteiger partial charge in [-0.3, -0.25) is 14.2 Å². The van der Waals surface area contributed by atoms with Crippen LogP contribution in [0, 0.1) is 5.82 Å². The van der Waals surface area contributed by atoms with Crippen LogP contribution in [0.4, 0.5) is 10.1 Å². The van der Waals surface area contributed by atoms with Crippen LogP contribution in [-0.2, 0) is 30.1 Å². The first kappa shape index (κ1) is 29.5. The number of carbonyl (C=O) groups is 1. The largest absolute Gasteiger partial charge is 0.368 e. The van der Waals surface area contributed by atoms with Gasteiger partial charge < -0.3 is 14.4 Å². The van der Waals surface area contributed by atoms with E-state index in [9.17, 15) is 18.8 Å². The third kappa shape index (κ3) is 7.27. The second-order valence-electron chi connectivity index (χ2n) is 9.95. The topological polar surface area (TPSA) is 93.3 Å². The summed E-state index contributed by atoms with van der Waals surface area (Å²) in [5, 5.41) is 1.08.